The van der Waals surface area contributed by atoms with Crippen LogP contribution >= 0.6 is 23.1 Å². The van der Waals surface area contributed by atoms with E-state index in [1.54, 1.807) is 11.8 Å². The van der Waals surface area contributed by atoms with Crippen LogP contribution in [0, 0.1) is 0 Å². The molecule has 1 heterocycles. The number of carbonyl (C=O) groups excluding carboxylic acids is 1. The lowest BCUT2D eigenvalue weighted by Gasteiger charge is -2.16. The van der Waals surface area contributed by atoms with Gasteiger partial charge in [0.2, 0.25) is 5.91 Å². The van der Waals surface area contributed by atoms with Crippen LogP contribution in [0.1, 0.15) is 17.0 Å². The molecule has 134 valence electrons. The zero-order valence-electron chi connectivity index (χ0n) is 14.8. The fourth-order valence-corrected chi connectivity index (χ4v) is 4.63. The molecule has 1 amide bonds. The summed E-state index contributed by atoms with van der Waals surface area (Å²) in [4.78, 5) is 19.0. The number of benzene rings is 3. The lowest BCUT2D eigenvalue weighted by molar-refractivity contribution is -0.116. The van der Waals surface area contributed by atoms with Crippen LogP contribution in [0.4, 0.5) is 5.13 Å². The number of rotatable bonds is 5. The fraction of sp³-hybridized carbons (Fsp3) is 0.0909. The molecule has 4 aromatic rings. The maximum absolute atomic E-state index is 13.2. The van der Waals surface area contributed by atoms with Crippen molar-refractivity contribution in [2.45, 2.75) is 10.8 Å². The first-order chi connectivity index (χ1) is 13.3. The summed E-state index contributed by atoms with van der Waals surface area (Å²) in [7, 11) is 0. The van der Waals surface area contributed by atoms with Crippen molar-refractivity contribution >= 4 is 44.4 Å². The van der Waals surface area contributed by atoms with E-state index in [2.05, 4.69) is 16.4 Å². The second-order valence-corrected chi connectivity index (χ2v) is 7.95. The zero-order chi connectivity index (χ0) is 18.6. The third-order valence-corrected chi connectivity index (χ3v) is 6.07. The van der Waals surface area contributed by atoms with Crippen molar-refractivity contribution in [3.8, 4) is 0 Å². The van der Waals surface area contributed by atoms with Crippen molar-refractivity contribution in [3.63, 3.8) is 0 Å². The van der Waals surface area contributed by atoms with Crippen LogP contribution in [-0.4, -0.2) is 17.1 Å². The predicted octanol–water partition coefficient (Wildman–Crippen LogP) is 5.79. The van der Waals surface area contributed by atoms with Gasteiger partial charge in [0.1, 0.15) is 0 Å². The molecule has 0 spiro atoms. The lowest BCUT2D eigenvalue weighted by atomic mass is 9.90. The zero-order valence-corrected chi connectivity index (χ0v) is 16.4. The molecule has 0 aliphatic heterocycles. The number of amides is 1. The molecule has 1 aromatic heterocycles. The van der Waals surface area contributed by atoms with Gasteiger partial charge in [-0.05, 0) is 29.5 Å². The molecule has 0 unspecified atom stereocenters. The van der Waals surface area contributed by atoms with Crippen LogP contribution in [0.3, 0.4) is 0 Å². The normalized spacial score (nSPS) is 11.0. The summed E-state index contributed by atoms with van der Waals surface area (Å²) in [6.45, 7) is 0. The number of nitrogens with zero attached hydrogens (tertiary/aromatic N) is 1. The van der Waals surface area contributed by atoms with Crippen molar-refractivity contribution in [1.82, 2.24) is 4.98 Å². The second kappa shape index (κ2) is 7.94. The lowest BCUT2D eigenvalue weighted by Crippen LogP contribution is -2.22. The molecule has 0 aliphatic carbocycles. The van der Waals surface area contributed by atoms with Gasteiger partial charge in [-0.2, -0.15) is 0 Å². The minimum atomic E-state index is -0.376. The topological polar surface area (TPSA) is 42.0 Å². The van der Waals surface area contributed by atoms with Gasteiger partial charge in [0.15, 0.2) is 5.13 Å². The summed E-state index contributed by atoms with van der Waals surface area (Å²) < 4.78 is 1.08. The second-order valence-electron chi connectivity index (χ2n) is 6.07. The summed E-state index contributed by atoms with van der Waals surface area (Å²) >= 11 is 3.17. The highest BCUT2D eigenvalue weighted by Gasteiger charge is 2.23. The van der Waals surface area contributed by atoms with E-state index in [4.69, 9.17) is 0 Å². The van der Waals surface area contributed by atoms with Gasteiger partial charge in [-0.1, -0.05) is 78.1 Å². The number of anilines is 1. The van der Waals surface area contributed by atoms with Crippen LogP contribution in [0.25, 0.3) is 10.2 Å². The summed E-state index contributed by atoms with van der Waals surface area (Å²) in [5.74, 6) is -0.448. The Morgan fingerprint density at radius 2 is 1.56 bits per heavy atom. The standard InChI is InChI=1S/C22H18N2OS2/c1-26-17-13-8-14-18-20(17)23-22(27-18)24-21(25)19(15-9-4-2-5-10-15)16-11-6-3-7-12-16/h2-14,19H,1H3,(H,23,24,25). The van der Waals surface area contributed by atoms with E-state index in [0.717, 1.165) is 26.2 Å². The molecular weight excluding hydrogens is 372 g/mol. The van der Waals surface area contributed by atoms with E-state index in [1.165, 1.54) is 11.3 Å². The van der Waals surface area contributed by atoms with Gasteiger partial charge in [0.05, 0.1) is 16.1 Å². The summed E-state index contributed by atoms with van der Waals surface area (Å²) in [6, 6.07) is 25.8. The number of para-hydroxylation sites is 1. The highest BCUT2D eigenvalue weighted by Crippen LogP contribution is 2.33. The monoisotopic (exact) mass is 390 g/mol. The maximum atomic E-state index is 13.2. The van der Waals surface area contributed by atoms with Gasteiger partial charge >= 0.3 is 0 Å². The van der Waals surface area contributed by atoms with Gasteiger partial charge in [0, 0.05) is 4.90 Å². The Morgan fingerprint density at radius 3 is 2.15 bits per heavy atom. The molecule has 1 N–H and O–H groups in total. The molecular formula is C22H18N2OS2. The van der Waals surface area contributed by atoms with Crippen molar-refractivity contribution in [3.05, 3.63) is 90.0 Å². The molecule has 0 fully saturated rings. The van der Waals surface area contributed by atoms with E-state index in [1.807, 2.05) is 79.1 Å². The average molecular weight is 391 g/mol. The molecule has 0 radical (unpaired) electrons. The summed E-state index contributed by atoms with van der Waals surface area (Å²) in [5.41, 5.74) is 2.88. The molecule has 0 aliphatic rings. The molecule has 0 bridgehead atoms. The molecule has 3 aromatic carbocycles. The van der Waals surface area contributed by atoms with Gasteiger partial charge in [-0.25, -0.2) is 4.98 Å². The fourth-order valence-electron chi connectivity index (χ4n) is 3.11. The maximum Gasteiger partial charge on any atom is 0.238 e. The molecule has 0 atom stereocenters. The number of fused-ring (bicyclic) bond motifs is 1. The van der Waals surface area contributed by atoms with Crippen molar-refractivity contribution in [1.29, 1.82) is 0 Å². The van der Waals surface area contributed by atoms with E-state index < -0.39 is 0 Å². The van der Waals surface area contributed by atoms with Crippen LogP contribution in [-0.2, 0) is 4.79 Å². The van der Waals surface area contributed by atoms with Crippen LogP contribution in [0.15, 0.2) is 83.8 Å². The Hall–Kier alpha value is -2.63. The third-order valence-electron chi connectivity index (χ3n) is 4.36. The molecule has 0 saturated carbocycles. The molecule has 3 nitrogen and oxygen atoms in total. The summed E-state index contributed by atoms with van der Waals surface area (Å²) in [5, 5.41) is 3.67. The number of hydrogen-bond acceptors (Lipinski definition) is 4. The number of aromatic nitrogens is 1. The van der Waals surface area contributed by atoms with Crippen molar-refractivity contribution in [2.75, 3.05) is 11.6 Å². The molecule has 4 rings (SSSR count). The van der Waals surface area contributed by atoms with E-state index >= 15 is 0 Å². The Bertz CT molecular complexity index is 1020. The highest BCUT2D eigenvalue weighted by molar-refractivity contribution is 7.98. The number of nitrogens with one attached hydrogen (secondary N) is 1. The Labute approximate surface area is 166 Å². The van der Waals surface area contributed by atoms with E-state index in [0.29, 0.717) is 5.13 Å². The third kappa shape index (κ3) is 3.75. The number of thiazole rings is 1. The first-order valence-corrected chi connectivity index (χ1v) is 10.6. The number of hydrogen-bond donors (Lipinski definition) is 1. The average Bonchev–Trinajstić information content (AvgIpc) is 3.12. The van der Waals surface area contributed by atoms with E-state index in [9.17, 15) is 4.79 Å². The first kappa shape index (κ1) is 17.8. The van der Waals surface area contributed by atoms with Gasteiger partial charge in [-0.3, -0.25) is 4.79 Å². The smallest absolute Gasteiger partial charge is 0.238 e. The Kier molecular flexibility index (Phi) is 5.23. The first-order valence-electron chi connectivity index (χ1n) is 8.60. The Morgan fingerprint density at radius 1 is 0.926 bits per heavy atom. The summed E-state index contributed by atoms with van der Waals surface area (Å²) in [6.07, 6.45) is 2.03. The van der Waals surface area contributed by atoms with Crippen molar-refractivity contribution < 1.29 is 4.79 Å². The van der Waals surface area contributed by atoms with Crippen LogP contribution < -0.4 is 5.32 Å². The molecule has 27 heavy (non-hydrogen) atoms. The van der Waals surface area contributed by atoms with Gasteiger partial charge in [0.25, 0.3) is 0 Å². The largest absolute Gasteiger partial charge is 0.301 e. The SMILES string of the molecule is CSc1cccc2sc(NC(=O)C(c3ccccc3)c3ccccc3)nc12. The number of thioether (sulfide) groups is 1. The minimum absolute atomic E-state index is 0.0721. The predicted molar refractivity (Wildman–Crippen MR) is 115 cm³/mol. The quantitative estimate of drug-likeness (QED) is 0.439. The Balaban J connectivity index is 1.68. The van der Waals surface area contributed by atoms with Crippen molar-refractivity contribution in [2.24, 2.45) is 0 Å². The molecule has 0 saturated heterocycles. The number of carbonyl (C=O) groups is 1. The highest BCUT2D eigenvalue weighted by atomic mass is 32.2. The minimum Gasteiger partial charge on any atom is -0.301 e. The van der Waals surface area contributed by atoms with Gasteiger partial charge in [-0.15, -0.1) is 11.8 Å². The van der Waals surface area contributed by atoms with Crippen LogP contribution in [0.5, 0.6) is 0 Å². The van der Waals surface area contributed by atoms with E-state index in [-0.39, 0.29) is 11.8 Å². The van der Waals surface area contributed by atoms with Crippen LogP contribution in [0.2, 0.25) is 0 Å². The van der Waals surface area contributed by atoms with Gasteiger partial charge < -0.3 is 5.32 Å². The molecule has 5 heteroatoms.